The second-order valence-corrected chi connectivity index (χ2v) is 6.09. The molecule has 3 nitrogen and oxygen atoms in total. The third-order valence-electron chi connectivity index (χ3n) is 3.71. The van der Waals surface area contributed by atoms with Gasteiger partial charge in [0, 0.05) is 24.5 Å². The molecular weight excluding hydrogens is 340 g/mol. The number of rotatable bonds is 4. The molecule has 20 heavy (non-hydrogen) atoms. The van der Waals surface area contributed by atoms with Crippen molar-refractivity contribution in [1.82, 2.24) is 10.2 Å². The summed E-state index contributed by atoms with van der Waals surface area (Å²) in [5.41, 5.74) is 1.16. The highest BCUT2D eigenvalue weighted by Crippen LogP contribution is 2.20. The molecule has 1 aromatic carbocycles. The van der Waals surface area contributed by atoms with Crippen molar-refractivity contribution in [3.8, 4) is 0 Å². The third kappa shape index (κ3) is 5.08. The summed E-state index contributed by atoms with van der Waals surface area (Å²) in [5.74, 6) is 0.804. The highest BCUT2D eigenvalue weighted by Gasteiger charge is 2.19. The molecule has 0 saturated carbocycles. The van der Waals surface area contributed by atoms with Crippen molar-refractivity contribution >= 4 is 34.2 Å². The zero-order valence-corrected chi connectivity index (χ0v) is 14.2. The Labute approximate surface area is 135 Å². The Kier molecular flexibility index (Phi) is 7.56. The molecule has 0 bridgehead atoms. The summed E-state index contributed by atoms with van der Waals surface area (Å²) in [6.45, 7) is 2.77. The zero-order valence-electron chi connectivity index (χ0n) is 11.8. The summed E-state index contributed by atoms with van der Waals surface area (Å²) >= 11 is 3.53. The molecule has 1 aliphatic rings. The van der Waals surface area contributed by atoms with Crippen molar-refractivity contribution in [2.24, 2.45) is 5.92 Å². The molecule has 0 unspecified atom stereocenters. The largest absolute Gasteiger partial charge is 0.341 e. The normalized spacial score (nSPS) is 15.5. The highest BCUT2D eigenvalue weighted by atomic mass is 79.9. The summed E-state index contributed by atoms with van der Waals surface area (Å²) in [6, 6.07) is 8.06. The van der Waals surface area contributed by atoms with Gasteiger partial charge in [0.25, 0.3) is 0 Å². The fourth-order valence-corrected chi connectivity index (χ4v) is 2.87. The van der Waals surface area contributed by atoms with Gasteiger partial charge in [-0.3, -0.25) is 4.79 Å². The topological polar surface area (TPSA) is 32.3 Å². The molecule has 0 aliphatic carbocycles. The first-order chi connectivity index (χ1) is 9.16. The number of halogens is 2. The molecule has 1 heterocycles. The maximum atomic E-state index is 12.2. The monoisotopic (exact) mass is 360 g/mol. The van der Waals surface area contributed by atoms with Crippen LogP contribution in [-0.2, 0) is 11.3 Å². The summed E-state index contributed by atoms with van der Waals surface area (Å²) in [5, 5.41) is 3.33. The SMILES string of the molecule is CN(Cc1ccccc1Br)C(=O)CC1CCNCC1.Cl. The molecule has 2 rings (SSSR count). The molecule has 112 valence electrons. The van der Waals surface area contributed by atoms with Crippen LogP contribution in [0.3, 0.4) is 0 Å². The minimum Gasteiger partial charge on any atom is -0.341 e. The van der Waals surface area contributed by atoms with E-state index >= 15 is 0 Å². The van der Waals surface area contributed by atoms with Crippen molar-refractivity contribution in [2.75, 3.05) is 20.1 Å². The maximum Gasteiger partial charge on any atom is 0.222 e. The Hall–Kier alpha value is -0.580. The maximum absolute atomic E-state index is 12.2. The van der Waals surface area contributed by atoms with Gasteiger partial charge >= 0.3 is 0 Å². The molecule has 1 saturated heterocycles. The molecule has 0 atom stereocenters. The Balaban J connectivity index is 0.00000200. The standard InChI is InChI=1S/C15H21BrN2O.ClH/c1-18(11-13-4-2-3-5-14(13)16)15(19)10-12-6-8-17-9-7-12;/h2-5,12,17H,6-11H2,1H3;1H. The van der Waals surface area contributed by atoms with Gasteiger partial charge in [-0.05, 0) is 43.5 Å². The average Bonchev–Trinajstić information content (AvgIpc) is 2.42. The number of nitrogens with zero attached hydrogens (tertiary/aromatic N) is 1. The molecule has 5 heteroatoms. The predicted octanol–water partition coefficient (Wildman–Crippen LogP) is 3.22. The lowest BCUT2D eigenvalue weighted by molar-refractivity contribution is -0.131. The van der Waals surface area contributed by atoms with Crippen LogP contribution in [0, 0.1) is 5.92 Å². The summed E-state index contributed by atoms with van der Waals surface area (Å²) < 4.78 is 1.07. The number of carbonyl (C=O) groups is 1. The van der Waals surface area contributed by atoms with Crippen LogP contribution in [0.2, 0.25) is 0 Å². The van der Waals surface area contributed by atoms with E-state index in [0.717, 1.165) is 36.0 Å². The Bertz CT molecular complexity index is 436. The Morgan fingerprint density at radius 2 is 2.00 bits per heavy atom. The third-order valence-corrected chi connectivity index (χ3v) is 4.49. The highest BCUT2D eigenvalue weighted by molar-refractivity contribution is 9.10. The van der Waals surface area contributed by atoms with Crippen LogP contribution < -0.4 is 5.32 Å². The van der Waals surface area contributed by atoms with E-state index in [1.54, 1.807) is 0 Å². The van der Waals surface area contributed by atoms with Gasteiger partial charge < -0.3 is 10.2 Å². The average molecular weight is 362 g/mol. The van der Waals surface area contributed by atoms with Crippen LogP contribution >= 0.6 is 28.3 Å². The molecule has 1 N–H and O–H groups in total. The van der Waals surface area contributed by atoms with Crippen molar-refractivity contribution in [3.63, 3.8) is 0 Å². The van der Waals surface area contributed by atoms with Crippen LogP contribution in [0.4, 0.5) is 0 Å². The minimum atomic E-state index is 0. The number of hydrogen-bond acceptors (Lipinski definition) is 2. The van der Waals surface area contributed by atoms with E-state index in [-0.39, 0.29) is 18.3 Å². The molecule has 0 aromatic heterocycles. The number of benzene rings is 1. The fraction of sp³-hybridized carbons (Fsp3) is 0.533. The van der Waals surface area contributed by atoms with Gasteiger partial charge in [0.15, 0.2) is 0 Å². The number of nitrogens with one attached hydrogen (secondary N) is 1. The Morgan fingerprint density at radius 1 is 1.35 bits per heavy atom. The van der Waals surface area contributed by atoms with Gasteiger partial charge in [0.2, 0.25) is 5.91 Å². The van der Waals surface area contributed by atoms with E-state index < -0.39 is 0 Å². The number of hydrogen-bond donors (Lipinski definition) is 1. The van der Waals surface area contributed by atoms with Crippen LogP contribution in [0.5, 0.6) is 0 Å². The van der Waals surface area contributed by atoms with E-state index in [9.17, 15) is 4.79 Å². The summed E-state index contributed by atoms with van der Waals surface area (Å²) in [4.78, 5) is 14.1. The molecule has 1 aliphatic heterocycles. The molecule has 1 aromatic rings. The van der Waals surface area contributed by atoms with Crippen LogP contribution in [0.15, 0.2) is 28.7 Å². The van der Waals surface area contributed by atoms with E-state index in [4.69, 9.17) is 0 Å². The lowest BCUT2D eigenvalue weighted by Crippen LogP contribution is -2.33. The van der Waals surface area contributed by atoms with Gasteiger partial charge in [0.1, 0.15) is 0 Å². The van der Waals surface area contributed by atoms with Crippen LogP contribution in [-0.4, -0.2) is 30.9 Å². The van der Waals surface area contributed by atoms with Gasteiger partial charge in [0.05, 0.1) is 0 Å². The predicted molar refractivity (Wildman–Crippen MR) is 88.1 cm³/mol. The summed E-state index contributed by atoms with van der Waals surface area (Å²) in [6.07, 6.45) is 2.92. The van der Waals surface area contributed by atoms with Crippen molar-refractivity contribution in [1.29, 1.82) is 0 Å². The number of piperidine rings is 1. The number of carbonyl (C=O) groups excluding carboxylic acids is 1. The Morgan fingerprint density at radius 3 is 2.65 bits per heavy atom. The van der Waals surface area contributed by atoms with Crippen molar-refractivity contribution in [3.05, 3.63) is 34.3 Å². The van der Waals surface area contributed by atoms with Gasteiger partial charge in [-0.25, -0.2) is 0 Å². The smallest absolute Gasteiger partial charge is 0.222 e. The fourth-order valence-electron chi connectivity index (χ4n) is 2.46. The van der Waals surface area contributed by atoms with E-state index in [0.29, 0.717) is 18.9 Å². The molecule has 1 amide bonds. The second kappa shape index (κ2) is 8.65. The first-order valence-corrected chi connectivity index (χ1v) is 7.64. The molecule has 0 spiro atoms. The van der Waals surface area contributed by atoms with Crippen molar-refractivity contribution in [2.45, 2.75) is 25.8 Å². The van der Waals surface area contributed by atoms with Crippen LogP contribution in [0.25, 0.3) is 0 Å². The lowest BCUT2D eigenvalue weighted by atomic mass is 9.94. The molecule has 1 fully saturated rings. The minimum absolute atomic E-state index is 0. The van der Waals surface area contributed by atoms with Gasteiger partial charge in [-0.2, -0.15) is 0 Å². The number of amides is 1. The van der Waals surface area contributed by atoms with Crippen molar-refractivity contribution < 1.29 is 4.79 Å². The van der Waals surface area contributed by atoms with E-state index in [1.807, 2.05) is 30.1 Å². The van der Waals surface area contributed by atoms with E-state index in [1.165, 1.54) is 0 Å². The van der Waals surface area contributed by atoms with Gasteiger partial charge in [-0.1, -0.05) is 34.1 Å². The van der Waals surface area contributed by atoms with Crippen LogP contribution in [0.1, 0.15) is 24.8 Å². The first-order valence-electron chi connectivity index (χ1n) is 6.85. The second-order valence-electron chi connectivity index (χ2n) is 5.24. The summed E-state index contributed by atoms with van der Waals surface area (Å²) in [7, 11) is 1.89. The van der Waals surface area contributed by atoms with E-state index in [2.05, 4.69) is 27.3 Å². The molecule has 0 radical (unpaired) electrons. The quantitative estimate of drug-likeness (QED) is 0.893. The van der Waals surface area contributed by atoms with Gasteiger partial charge in [-0.15, -0.1) is 12.4 Å². The first kappa shape index (κ1) is 17.5. The zero-order chi connectivity index (χ0) is 13.7. The lowest BCUT2D eigenvalue weighted by Gasteiger charge is -2.25. The molecular formula is C15H22BrClN2O.